The van der Waals surface area contributed by atoms with Gasteiger partial charge in [-0.05, 0) is 36.4 Å². The number of rotatable bonds is 4. The molecule has 2 aromatic carbocycles. The fraction of sp³-hybridized carbons (Fsp3) is 0.278. The van der Waals surface area contributed by atoms with Crippen molar-refractivity contribution in [3.8, 4) is 5.75 Å². The van der Waals surface area contributed by atoms with Gasteiger partial charge >= 0.3 is 0 Å². The first-order chi connectivity index (χ1) is 11.2. The molecule has 1 saturated heterocycles. The Morgan fingerprint density at radius 2 is 1.30 bits per heavy atom. The molecule has 0 N–H and O–H groups in total. The molecule has 5 nitrogen and oxygen atoms in total. The predicted octanol–water partition coefficient (Wildman–Crippen LogP) is 2.86. The standard InChI is InChI=1S/C18H21N3O2/c1-19(22)15-3-5-16(6-4-15)20-11-13-21(14-12-20)17-7-9-18(23-2)10-8-17/h3-10H,1,11-14H2,2H3. The second kappa shape index (κ2) is 6.60. The molecule has 2 aromatic rings. The van der Waals surface area contributed by atoms with E-state index >= 15 is 0 Å². The zero-order chi connectivity index (χ0) is 16.2. The van der Waals surface area contributed by atoms with Crippen LogP contribution in [0.2, 0.25) is 0 Å². The Kier molecular flexibility index (Phi) is 4.37. The smallest absolute Gasteiger partial charge is 0.216 e. The number of anilines is 2. The van der Waals surface area contributed by atoms with Gasteiger partial charge in [0.15, 0.2) is 0 Å². The zero-order valence-electron chi connectivity index (χ0n) is 13.3. The molecule has 0 spiro atoms. The molecule has 3 rings (SSSR count). The lowest BCUT2D eigenvalue weighted by atomic mass is 10.2. The molecule has 1 heterocycles. The van der Waals surface area contributed by atoms with Gasteiger partial charge in [0.1, 0.15) is 12.5 Å². The maximum atomic E-state index is 11.2. The van der Waals surface area contributed by atoms with Gasteiger partial charge in [0.25, 0.3) is 0 Å². The third-order valence-electron chi connectivity index (χ3n) is 4.22. The van der Waals surface area contributed by atoms with Crippen LogP contribution in [0.3, 0.4) is 0 Å². The van der Waals surface area contributed by atoms with Gasteiger partial charge in [0.2, 0.25) is 5.69 Å². The molecule has 0 radical (unpaired) electrons. The first kappa shape index (κ1) is 15.2. The molecule has 0 bridgehead atoms. The number of hydrogen-bond acceptors (Lipinski definition) is 4. The molecule has 120 valence electrons. The van der Waals surface area contributed by atoms with E-state index in [1.165, 1.54) is 5.69 Å². The minimum absolute atomic E-state index is 0.575. The van der Waals surface area contributed by atoms with Crippen LogP contribution in [0, 0.1) is 5.21 Å². The van der Waals surface area contributed by atoms with Gasteiger partial charge in [-0.3, -0.25) is 0 Å². The van der Waals surface area contributed by atoms with Crippen LogP contribution in [0.5, 0.6) is 5.75 Å². The minimum atomic E-state index is 0.575. The summed E-state index contributed by atoms with van der Waals surface area (Å²) in [6.07, 6.45) is 0. The fourth-order valence-electron chi connectivity index (χ4n) is 2.85. The predicted molar refractivity (Wildman–Crippen MR) is 94.3 cm³/mol. The third kappa shape index (κ3) is 3.39. The van der Waals surface area contributed by atoms with E-state index in [9.17, 15) is 5.21 Å². The highest BCUT2D eigenvalue weighted by atomic mass is 16.5. The van der Waals surface area contributed by atoms with Crippen molar-refractivity contribution in [1.82, 2.24) is 0 Å². The number of methoxy groups -OCH3 is 1. The molecule has 1 fully saturated rings. The highest BCUT2D eigenvalue weighted by Crippen LogP contribution is 2.24. The van der Waals surface area contributed by atoms with Crippen LogP contribution in [0.4, 0.5) is 17.1 Å². The third-order valence-corrected chi connectivity index (χ3v) is 4.22. The molecule has 0 saturated carbocycles. The van der Waals surface area contributed by atoms with Gasteiger partial charge in [0.05, 0.1) is 7.11 Å². The van der Waals surface area contributed by atoms with Crippen LogP contribution in [-0.4, -0.2) is 44.7 Å². The van der Waals surface area contributed by atoms with Gasteiger partial charge in [-0.2, -0.15) is 4.74 Å². The fourth-order valence-corrected chi connectivity index (χ4v) is 2.85. The minimum Gasteiger partial charge on any atom is -0.619 e. The van der Waals surface area contributed by atoms with E-state index in [1.807, 2.05) is 36.4 Å². The maximum absolute atomic E-state index is 11.2. The van der Waals surface area contributed by atoms with Crippen LogP contribution in [0.15, 0.2) is 48.5 Å². The van der Waals surface area contributed by atoms with Crippen molar-refractivity contribution in [2.45, 2.75) is 0 Å². The van der Waals surface area contributed by atoms with Crippen molar-refractivity contribution in [1.29, 1.82) is 0 Å². The number of hydrogen-bond donors (Lipinski definition) is 0. The van der Waals surface area contributed by atoms with Crippen LogP contribution in [0.25, 0.3) is 0 Å². The molecular formula is C18H21N3O2. The average molecular weight is 311 g/mol. The molecule has 5 heteroatoms. The van der Waals surface area contributed by atoms with Crippen LogP contribution >= 0.6 is 0 Å². The lowest BCUT2D eigenvalue weighted by Crippen LogP contribution is -2.46. The highest BCUT2D eigenvalue weighted by molar-refractivity contribution is 5.55. The van der Waals surface area contributed by atoms with E-state index < -0.39 is 0 Å². The molecule has 0 aromatic heterocycles. The Balaban J connectivity index is 1.62. The van der Waals surface area contributed by atoms with Gasteiger partial charge in [-0.15, -0.1) is 0 Å². The van der Waals surface area contributed by atoms with E-state index in [0.29, 0.717) is 10.4 Å². The molecule has 0 unspecified atom stereocenters. The molecule has 1 aliphatic rings. The summed E-state index contributed by atoms with van der Waals surface area (Å²) in [7, 11) is 1.68. The summed E-state index contributed by atoms with van der Waals surface area (Å²) in [4.78, 5) is 4.71. The quantitative estimate of drug-likeness (QED) is 0.377. The first-order valence-corrected chi connectivity index (χ1v) is 7.69. The largest absolute Gasteiger partial charge is 0.619 e. The SMILES string of the molecule is C=[N+]([O-])c1ccc(N2CCN(c3ccc(OC)cc3)CC2)cc1. The van der Waals surface area contributed by atoms with Crippen LogP contribution in [0.1, 0.15) is 0 Å². The van der Waals surface area contributed by atoms with E-state index in [1.54, 1.807) is 7.11 Å². The zero-order valence-corrected chi connectivity index (χ0v) is 13.3. The molecular weight excluding hydrogens is 290 g/mol. The topological polar surface area (TPSA) is 41.8 Å². The Morgan fingerprint density at radius 1 is 0.870 bits per heavy atom. The molecule has 1 aliphatic heterocycles. The summed E-state index contributed by atoms with van der Waals surface area (Å²) in [6.45, 7) is 7.20. The summed E-state index contributed by atoms with van der Waals surface area (Å²) in [5.41, 5.74) is 2.94. The van der Waals surface area contributed by atoms with E-state index in [0.717, 1.165) is 37.6 Å². The lowest BCUT2D eigenvalue weighted by Gasteiger charge is -2.37. The Labute approximate surface area is 136 Å². The number of piperazine rings is 1. The summed E-state index contributed by atoms with van der Waals surface area (Å²) in [5.74, 6) is 0.880. The van der Waals surface area contributed by atoms with Gasteiger partial charge in [-0.25, -0.2) is 0 Å². The van der Waals surface area contributed by atoms with Gasteiger partial charge in [-0.1, -0.05) is 0 Å². The molecule has 0 atom stereocenters. The Bertz CT molecular complexity index is 660. The summed E-state index contributed by atoms with van der Waals surface area (Å²) in [6, 6.07) is 15.8. The van der Waals surface area contributed by atoms with E-state index in [2.05, 4.69) is 28.7 Å². The molecule has 0 amide bonds. The van der Waals surface area contributed by atoms with Crippen molar-refractivity contribution in [3.63, 3.8) is 0 Å². The lowest BCUT2D eigenvalue weighted by molar-refractivity contribution is -0.349. The maximum Gasteiger partial charge on any atom is 0.216 e. The van der Waals surface area contributed by atoms with Gasteiger partial charge in [0, 0.05) is 49.7 Å². The Hall–Kier alpha value is -2.69. The van der Waals surface area contributed by atoms with Crippen molar-refractivity contribution in [2.75, 3.05) is 43.1 Å². The van der Waals surface area contributed by atoms with E-state index in [-0.39, 0.29) is 0 Å². The van der Waals surface area contributed by atoms with Crippen LogP contribution < -0.4 is 14.5 Å². The molecule has 0 aliphatic carbocycles. The van der Waals surface area contributed by atoms with Crippen molar-refractivity contribution >= 4 is 23.8 Å². The number of benzene rings is 2. The monoisotopic (exact) mass is 311 g/mol. The molecule has 23 heavy (non-hydrogen) atoms. The Morgan fingerprint density at radius 3 is 1.70 bits per heavy atom. The summed E-state index contributed by atoms with van der Waals surface area (Å²) >= 11 is 0. The average Bonchev–Trinajstić information content (AvgIpc) is 2.62. The first-order valence-electron chi connectivity index (χ1n) is 7.69. The van der Waals surface area contributed by atoms with Gasteiger partial charge < -0.3 is 19.7 Å². The number of ether oxygens (including phenoxy) is 1. The normalized spacial score (nSPS) is 14.7. The summed E-state index contributed by atoms with van der Waals surface area (Å²) in [5, 5.41) is 11.2. The second-order valence-electron chi connectivity index (χ2n) is 5.57. The van der Waals surface area contributed by atoms with Crippen molar-refractivity contribution in [3.05, 3.63) is 53.7 Å². The second-order valence-corrected chi connectivity index (χ2v) is 5.57. The van der Waals surface area contributed by atoms with E-state index in [4.69, 9.17) is 4.74 Å². The van der Waals surface area contributed by atoms with Crippen LogP contribution in [-0.2, 0) is 0 Å². The van der Waals surface area contributed by atoms with Crippen molar-refractivity contribution < 1.29 is 9.48 Å². The summed E-state index contributed by atoms with van der Waals surface area (Å²) < 4.78 is 5.83. The number of nitrogens with zero attached hydrogens (tertiary/aromatic N) is 3. The van der Waals surface area contributed by atoms with Crippen molar-refractivity contribution in [2.24, 2.45) is 0 Å². The highest BCUT2D eigenvalue weighted by Gasteiger charge is 2.17.